The summed E-state index contributed by atoms with van der Waals surface area (Å²) in [6.07, 6.45) is 0. The summed E-state index contributed by atoms with van der Waals surface area (Å²) in [6.45, 7) is 0. The molecule has 0 N–H and O–H groups in total. The molecule has 104 valence electrons. The molecule has 0 fully saturated rings. The van der Waals surface area contributed by atoms with E-state index < -0.39 is 5.82 Å². The Morgan fingerprint density at radius 2 is 2.05 bits per heavy atom. The Morgan fingerprint density at radius 1 is 1.30 bits per heavy atom. The van der Waals surface area contributed by atoms with E-state index in [9.17, 15) is 9.18 Å². The first kappa shape index (κ1) is 14.9. The summed E-state index contributed by atoms with van der Waals surface area (Å²) in [4.78, 5) is 12.8. The number of hydrogen-bond donors (Lipinski definition) is 0. The van der Waals surface area contributed by atoms with Gasteiger partial charge in [-0.15, -0.1) is 11.8 Å². The number of rotatable bonds is 5. The molecule has 20 heavy (non-hydrogen) atoms. The zero-order valence-corrected chi connectivity index (χ0v) is 12.3. The number of Topliss-reactive ketones (excluding diaryl/α,β-unsaturated/α-hetero) is 1. The fourth-order valence-electron chi connectivity index (χ4n) is 1.63. The van der Waals surface area contributed by atoms with Crippen molar-refractivity contribution < 1.29 is 13.9 Å². The molecule has 0 bridgehead atoms. The Hall–Kier alpha value is -1.52. The number of methoxy groups -OCH3 is 1. The van der Waals surface area contributed by atoms with E-state index in [1.54, 1.807) is 12.1 Å². The highest BCUT2D eigenvalue weighted by Crippen LogP contribution is 2.27. The average molecular weight is 311 g/mol. The summed E-state index contributed by atoms with van der Waals surface area (Å²) in [7, 11) is 1.45. The van der Waals surface area contributed by atoms with Crippen LogP contribution in [-0.4, -0.2) is 18.6 Å². The van der Waals surface area contributed by atoms with E-state index in [0.29, 0.717) is 10.8 Å². The number of ketones is 1. The third-order valence-corrected chi connectivity index (χ3v) is 4.19. The van der Waals surface area contributed by atoms with Crippen LogP contribution in [0.4, 0.5) is 4.39 Å². The van der Waals surface area contributed by atoms with Crippen LogP contribution in [0.3, 0.4) is 0 Å². The topological polar surface area (TPSA) is 26.3 Å². The maximum atomic E-state index is 13.8. The lowest BCUT2D eigenvalue weighted by Gasteiger charge is -2.06. The van der Waals surface area contributed by atoms with Crippen molar-refractivity contribution in [1.82, 2.24) is 0 Å². The number of carbonyl (C=O) groups excluding carboxylic acids is 1. The van der Waals surface area contributed by atoms with Crippen molar-refractivity contribution in [3.8, 4) is 5.75 Å². The molecule has 0 saturated carbocycles. The van der Waals surface area contributed by atoms with Gasteiger partial charge in [0.1, 0.15) is 11.6 Å². The van der Waals surface area contributed by atoms with E-state index in [1.165, 1.54) is 31.0 Å². The van der Waals surface area contributed by atoms with Crippen LogP contribution >= 0.6 is 23.4 Å². The van der Waals surface area contributed by atoms with Gasteiger partial charge >= 0.3 is 0 Å². The number of halogens is 2. The third kappa shape index (κ3) is 3.52. The standard InChI is InChI=1S/C15H12ClFO2S/c1-19-10-6-7-11(13(17)8-10)14(18)9-20-15-5-3-2-4-12(15)16/h2-8H,9H2,1H3. The molecule has 0 unspecified atom stereocenters. The Labute approximate surface area is 125 Å². The van der Waals surface area contributed by atoms with Crippen LogP contribution in [0.1, 0.15) is 10.4 Å². The van der Waals surface area contributed by atoms with E-state index in [-0.39, 0.29) is 17.1 Å². The molecular weight excluding hydrogens is 299 g/mol. The quantitative estimate of drug-likeness (QED) is 0.602. The van der Waals surface area contributed by atoms with E-state index in [2.05, 4.69) is 0 Å². The van der Waals surface area contributed by atoms with Crippen LogP contribution in [0.5, 0.6) is 5.75 Å². The zero-order chi connectivity index (χ0) is 14.5. The molecule has 2 rings (SSSR count). The molecule has 0 heterocycles. The molecule has 0 atom stereocenters. The average Bonchev–Trinajstić information content (AvgIpc) is 2.46. The van der Waals surface area contributed by atoms with Gasteiger partial charge in [-0.3, -0.25) is 4.79 Å². The van der Waals surface area contributed by atoms with E-state index in [0.717, 1.165) is 4.90 Å². The van der Waals surface area contributed by atoms with Gasteiger partial charge in [0, 0.05) is 11.0 Å². The molecule has 5 heteroatoms. The molecule has 0 aliphatic heterocycles. The van der Waals surface area contributed by atoms with E-state index in [1.807, 2.05) is 18.2 Å². The minimum atomic E-state index is -0.575. The van der Waals surface area contributed by atoms with Gasteiger partial charge in [-0.05, 0) is 24.3 Å². The van der Waals surface area contributed by atoms with Gasteiger partial charge in [-0.25, -0.2) is 4.39 Å². The highest BCUT2D eigenvalue weighted by atomic mass is 35.5. The maximum Gasteiger partial charge on any atom is 0.176 e. The summed E-state index contributed by atoms with van der Waals surface area (Å²) in [5.74, 6) is -0.338. The van der Waals surface area contributed by atoms with Gasteiger partial charge in [-0.1, -0.05) is 23.7 Å². The third-order valence-electron chi connectivity index (χ3n) is 2.67. The predicted molar refractivity (Wildman–Crippen MR) is 79.5 cm³/mol. The molecule has 0 radical (unpaired) electrons. The molecule has 0 saturated heterocycles. The van der Waals surface area contributed by atoms with Crippen molar-refractivity contribution in [3.63, 3.8) is 0 Å². The van der Waals surface area contributed by atoms with Crippen molar-refractivity contribution in [1.29, 1.82) is 0 Å². The first-order valence-corrected chi connectivity index (χ1v) is 7.22. The molecule has 2 aromatic rings. The van der Waals surface area contributed by atoms with Crippen molar-refractivity contribution in [2.24, 2.45) is 0 Å². The molecule has 0 spiro atoms. The molecule has 0 aromatic heterocycles. The second kappa shape index (κ2) is 6.77. The molecular formula is C15H12ClFO2S. The number of benzene rings is 2. The number of hydrogen-bond acceptors (Lipinski definition) is 3. The van der Waals surface area contributed by atoms with Crippen LogP contribution in [0.25, 0.3) is 0 Å². The zero-order valence-electron chi connectivity index (χ0n) is 10.7. The van der Waals surface area contributed by atoms with Gasteiger partial charge in [0.05, 0.1) is 23.4 Å². The molecule has 0 aliphatic carbocycles. The number of ether oxygens (including phenoxy) is 1. The van der Waals surface area contributed by atoms with E-state index in [4.69, 9.17) is 16.3 Å². The highest BCUT2D eigenvalue weighted by Gasteiger charge is 2.13. The van der Waals surface area contributed by atoms with E-state index >= 15 is 0 Å². The lowest BCUT2D eigenvalue weighted by atomic mass is 10.1. The number of carbonyl (C=O) groups is 1. The number of thioether (sulfide) groups is 1. The fraction of sp³-hybridized carbons (Fsp3) is 0.133. The summed E-state index contributed by atoms with van der Waals surface area (Å²) < 4.78 is 18.7. The molecule has 0 amide bonds. The lowest BCUT2D eigenvalue weighted by Crippen LogP contribution is -2.05. The van der Waals surface area contributed by atoms with Gasteiger partial charge in [0.25, 0.3) is 0 Å². The predicted octanol–water partition coefficient (Wildman–Crippen LogP) is 4.46. The Morgan fingerprint density at radius 3 is 2.70 bits per heavy atom. The van der Waals surface area contributed by atoms with Crippen molar-refractivity contribution >= 4 is 29.1 Å². The smallest absolute Gasteiger partial charge is 0.176 e. The van der Waals surface area contributed by atoms with Crippen LogP contribution in [0.2, 0.25) is 5.02 Å². The molecule has 2 nitrogen and oxygen atoms in total. The van der Waals surface area contributed by atoms with Crippen molar-refractivity contribution in [2.45, 2.75) is 4.90 Å². The fourth-order valence-corrected chi connectivity index (χ4v) is 2.75. The van der Waals surface area contributed by atoms with Gasteiger partial charge < -0.3 is 4.74 Å². The lowest BCUT2D eigenvalue weighted by molar-refractivity contribution is 0.101. The largest absolute Gasteiger partial charge is 0.497 e. The van der Waals surface area contributed by atoms with Crippen LogP contribution in [-0.2, 0) is 0 Å². The minimum absolute atomic E-state index is 0.0605. The normalized spacial score (nSPS) is 10.3. The molecule has 0 aliphatic rings. The summed E-state index contributed by atoms with van der Waals surface area (Å²) in [5.41, 5.74) is 0.0605. The minimum Gasteiger partial charge on any atom is -0.497 e. The Bertz CT molecular complexity index is 631. The molecule has 2 aromatic carbocycles. The summed E-state index contributed by atoms with van der Waals surface area (Å²) >= 11 is 7.29. The van der Waals surface area contributed by atoms with Crippen molar-refractivity contribution in [2.75, 3.05) is 12.9 Å². The van der Waals surface area contributed by atoms with Gasteiger partial charge in [0.2, 0.25) is 0 Å². The maximum absolute atomic E-state index is 13.8. The SMILES string of the molecule is COc1ccc(C(=O)CSc2ccccc2Cl)c(F)c1. The van der Waals surface area contributed by atoms with Crippen molar-refractivity contribution in [3.05, 3.63) is 58.9 Å². The Kier molecular flexibility index (Phi) is 5.04. The van der Waals surface area contributed by atoms with Crippen LogP contribution in [0, 0.1) is 5.82 Å². The van der Waals surface area contributed by atoms with Crippen LogP contribution < -0.4 is 4.74 Å². The second-order valence-electron chi connectivity index (χ2n) is 3.99. The first-order valence-electron chi connectivity index (χ1n) is 5.86. The summed E-state index contributed by atoms with van der Waals surface area (Å²) in [5, 5.41) is 0.584. The Balaban J connectivity index is 2.07. The summed E-state index contributed by atoms with van der Waals surface area (Å²) in [6, 6.07) is 11.4. The van der Waals surface area contributed by atoms with Gasteiger partial charge in [0.15, 0.2) is 5.78 Å². The van der Waals surface area contributed by atoms with Gasteiger partial charge in [-0.2, -0.15) is 0 Å². The van der Waals surface area contributed by atoms with Crippen LogP contribution in [0.15, 0.2) is 47.4 Å². The monoisotopic (exact) mass is 310 g/mol. The highest BCUT2D eigenvalue weighted by molar-refractivity contribution is 8.00. The first-order chi connectivity index (χ1) is 9.61. The second-order valence-corrected chi connectivity index (χ2v) is 5.41.